The Morgan fingerprint density at radius 2 is 1.88 bits per heavy atom. The van der Waals surface area contributed by atoms with Crippen molar-refractivity contribution < 1.29 is 14.3 Å². The highest BCUT2D eigenvalue weighted by molar-refractivity contribution is 7.99. The van der Waals surface area contributed by atoms with Crippen LogP contribution in [0.4, 0.5) is 5.69 Å². The molecule has 1 N–H and O–H groups in total. The second kappa shape index (κ2) is 9.68. The van der Waals surface area contributed by atoms with Crippen molar-refractivity contribution in [2.24, 2.45) is 0 Å². The number of nitrogens with one attached hydrogen (secondary N) is 1. The van der Waals surface area contributed by atoms with Crippen molar-refractivity contribution in [1.82, 2.24) is 9.55 Å². The van der Waals surface area contributed by atoms with E-state index in [9.17, 15) is 9.59 Å². The second-order valence-corrected chi connectivity index (χ2v) is 9.38. The fourth-order valence-electron chi connectivity index (χ4n) is 3.39. The molecule has 4 rings (SSSR count). The number of nitrogens with zero attached hydrogens (tertiary/aromatic N) is 2. The van der Waals surface area contributed by atoms with Gasteiger partial charge in [0.2, 0.25) is 5.91 Å². The van der Waals surface area contributed by atoms with E-state index >= 15 is 0 Å². The number of ether oxygens (including phenoxy) is 2. The summed E-state index contributed by atoms with van der Waals surface area (Å²) in [6.45, 7) is 3.92. The van der Waals surface area contributed by atoms with Crippen LogP contribution < -0.4 is 20.3 Å². The number of aromatic nitrogens is 2. The van der Waals surface area contributed by atoms with Crippen LogP contribution in [0.1, 0.15) is 10.4 Å². The Morgan fingerprint density at radius 3 is 2.58 bits per heavy atom. The van der Waals surface area contributed by atoms with Gasteiger partial charge >= 0.3 is 0 Å². The number of hydrogen-bond acceptors (Lipinski definition) is 7. The number of aryl methyl sites for hydroxylation is 2. The van der Waals surface area contributed by atoms with E-state index < -0.39 is 0 Å². The maximum atomic E-state index is 13.5. The molecule has 0 bridgehead atoms. The van der Waals surface area contributed by atoms with Crippen LogP contribution in [-0.2, 0) is 4.79 Å². The van der Waals surface area contributed by atoms with Gasteiger partial charge in [-0.1, -0.05) is 30.0 Å². The third-order valence-corrected chi connectivity index (χ3v) is 7.24. The van der Waals surface area contributed by atoms with Crippen LogP contribution in [-0.4, -0.2) is 35.4 Å². The molecule has 9 heteroatoms. The maximum Gasteiger partial charge on any atom is 0.267 e. The molecule has 0 atom stereocenters. The summed E-state index contributed by atoms with van der Waals surface area (Å²) in [6, 6.07) is 14.5. The molecule has 0 spiro atoms. The Kier molecular flexibility index (Phi) is 6.71. The summed E-state index contributed by atoms with van der Waals surface area (Å²) in [5.74, 6) is 0.961. The van der Waals surface area contributed by atoms with Crippen molar-refractivity contribution in [1.29, 1.82) is 0 Å². The summed E-state index contributed by atoms with van der Waals surface area (Å²) in [6.07, 6.45) is 0. The number of anilines is 1. The van der Waals surface area contributed by atoms with Crippen LogP contribution in [0.25, 0.3) is 15.9 Å². The Bertz CT molecular complexity index is 1380. The number of amides is 1. The normalized spacial score (nSPS) is 10.9. The maximum absolute atomic E-state index is 13.5. The van der Waals surface area contributed by atoms with E-state index in [0.29, 0.717) is 38.2 Å². The van der Waals surface area contributed by atoms with E-state index in [1.807, 2.05) is 44.2 Å². The zero-order valence-electron chi connectivity index (χ0n) is 18.7. The van der Waals surface area contributed by atoms with E-state index in [0.717, 1.165) is 10.4 Å². The van der Waals surface area contributed by atoms with Crippen LogP contribution >= 0.6 is 23.1 Å². The van der Waals surface area contributed by atoms with Crippen LogP contribution in [0.3, 0.4) is 0 Å². The first-order valence-corrected chi connectivity index (χ1v) is 12.0. The average molecular weight is 482 g/mol. The summed E-state index contributed by atoms with van der Waals surface area (Å²) in [5, 5.41) is 3.95. The fourth-order valence-corrected chi connectivity index (χ4v) is 5.28. The van der Waals surface area contributed by atoms with Crippen molar-refractivity contribution in [3.8, 4) is 17.2 Å². The third-order valence-electron chi connectivity index (χ3n) is 5.20. The molecule has 0 fully saturated rings. The highest BCUT2D eigenvalue weighted by Gasteiger charge is 2.19. The molecule has 0 aliphatic heterocycles. The van der Waals surface area contributed by atoms with Gasteiger partial charge in [0.15, 0.2) is 5.16 Å². The molecule has 0 saturated carbocycles. The Morgan fingerprint density at radius 1 is 1.12 bits per heavy atom. The molecule has 1 amide bonds. The number of fused-ring (bicyclic) bond motifs is 1. The standard InChI is InChI=1S/C24H23N3O4S2/c1-14-15(2)33-22-21(14)23(29)27(16-8-6-5-7-9-16)24(26-22)32-13-20(28)25-18-11-10-17(30-3)12-19(18)31-4/h5-12H,13H2,1-4H3,(H,25,28). The molecule has 0 radical (unpaired) electrons. The minimum absolute atomic E-state index is 0.0727. The molecule has 0 saturated heterocycles. The van der Waals surface area contributed by atoms with Crippen molar-refractivity contribution in [2.45, 2.75) is 19.0 Å². The van der Waals surface area contributed by atoms with Gasteiger partial charge in [-0.3, -0.25) is 14.2 Å². The van der Waals surface area contributed by atoms with Crippen LogP contribution in [0.2, 0.25) is 0 Å². The van der Waals surface area contributed by atoms with E-state index in [4.69, 9.17) is 14.5 Å². The smallest absolute Gasteiger partial charge is 0.267 e. The van der Waals surface area contributed by atoms with E-state index in [1.165, 1.54) is 30.2 Å². The zero-order chi connectivity index (χ0) is 23.5. The van der Waals surface area contributed by atoms with E-state index in [1.54, 1.807) is 29.9 Å². The number of benzene rings is 2. The summed E-state index contributed by atoms with van der Waals surface area (Å²) in [7, 11) is 3.10. The lowest BCUT2D eigenvalue weighted by Crippen LogP contribution is -2.22. The zero-order valence-corrected chi connectivity index (χ0v) is 20.3. The molecular formula is C24H23N3O4S2. The number of para-hydroxylation sites is 1. The summed E-state index contributed by atoms with van der Waals surface area (Å²) in [5.41, 5.74) is 2.06. The van der Waals surface area contributed by atoms with Crippen LogP contribution in [0.5, 0.6) is 11.5 Å². The van der Waals surface area contributed by atoms with Crippen molar-refractivity contribution in [2.75, 3.05) is 25.3 Å². The molecule has 0 aliphatic carbocycles. The third kappa shape index (κ3) is 4.60. The minimum Gasteiger partial charge on any atom is -0.497 e. The van der Waals surface area contributed by atoms with E-state index in [-0.39, 0.29) is 17.2 Å². The van der Waals surface area contributed by atoms with Gasteiger partial charge in [0, 0.05) is 10.9 Å². The SMILES string of the molecule is COc1ccc(NC(=O)CSc2nc3sc(C)c(C)c3c(=O)n2-c2ccccc2)c(OC)c1. The summed E-state index contributed by atoms with van der Waals surface area (Å²) >= 11 is 2.70. The Balaban J connectivity index is 1.65. The van der Waals surface area contributed by atoms with Gasteiger partial charge in [-0.15, -0.1) is 11.3 Å². The molecule has 2 heterocycles. The van der Waals surface area contributed by atoms with Crippen molar-refractivity contribution in [3.63, 3.8) is 0 Å². The van der Waals surface area contributed by atoms with Crippen molar-refractivity contribution in [3.05, 3.63) is 69.3 Å². The number of thioether (sulfide) groups is 1. The highest BCUT2D eigenvalue weighted by Crippen LogP contribution is 2.31. The first kappa shape index (κ1) is 22.9. The van der Waals surface area contributed by atoms with Gasteiger partial charge in [0.05, 0.1) is 36.7 Å². The number of hydrogen-bond donors (Lipinski definition) is 1. The number of carbonyl (C=O) groups is 1. The Hall–Kier alpha value is -3.30. The topological polar surface area (TPSA) is 82.5 Å². The molecular weight excluding hydrogens is 458 g/mol. The number of rotatable bonds is 7. The monoisotopic (exact) mass is 481 g/mol. The molecule has 170 valence electrons. The molecule has 4 aromatic rings. The summed E-state index contributed by atoms with van der Waals surface area (Å²) < 4.78 is 12.1. The van der Waals surface area contributed by atoms with Gasteiger partial charge in [-0.25, -0.2) is 4.98 Å². The average Bonchev–Trinajstić information content (AvgIpc) is 3.11. The molecule has 33 heavy (non-hydrogen) atoms. The highest BCUT2D eigenvalue weighted by atomic mass is 32.2. The first-order chi connectivity index (χ1) is 15.9. The first-order valence-electron chi connectivity index (χ1n) is 10.2. The van der Waals surface area contributed by atoms with Crippen LogP contribution in [0, 0.1) is 13.8 Å². The molecule has 0 aliphatic rings. The lowest BCUT2D eigenvalue weighted by Gasteiger charge is -2.13. The summed E-state index contributed by atoms with van der Waals surface area (Å²) in [4.78, 5) is 32.7. The van der Waals surface area contributed by atoms with Gasteiger partial charge in [0.1, 0.15) is 16.3 Å². The predicted octanol–water partition coefficient (Wildman–Crippen LogP) is 4.81. The van der Waals surface area contributed by atoms with Gasteiger partial charge < -0.3 is 14.8 Å². The van der Waals surface area contributed by atoms with Crippen LogP contribution in [0.15, 0.2) is 58.5 Å². The minimum atomic E-state index is -0.240. The van der Waals surface area contributed by atoms with E-state index in [2.05, 4.69) is 5.32 Å². The number of methoxy groups -OCH3 is 2. The van der Waals surface area contributed by atoms with Crippen molar-refractivity contribution >= 4 is 44.9 Å². The molecule has 2 aromatic heterocycles. The van der Waals surface area contributed by atoms with Gasteiger partial charge in [-0.2, -0.15) is 0 Å². The van der Waals surface area contributed by atoms with Gasteiger partial charge in [-0.05, 0) is 43.7 Å². The Labute approximate surface area is 199 Å². The molecule has 0 unspecified atom stereocenters. The lowest BCUT2D eigenvalue weighted by molar-refractivity contribution is -0.113. The number of carbonyl (C=O) groups excluding carboxylic acids is 1. The molecule has 2 aromatic carbocycles. The molecule has 7 nitrogen and oxygen atoms in total. The van der Waals surface area contributed by atoms with Gasteiger partial charge in [0.25, 0.3) is 5.56 Å². The lowest BCUT2D eigenvalue weighted by atomic mass is 10.2. The number of thiophene rings is 1. The largest absolute Gasteiger partial charge is 0.497 e. The second-order valence-electron chi connectivity index (χ2n) is 7.24. The fraction of sp³-hybridized carbons (Fsp3) is 0.208. The predicted molar refractivity (Wildman–Crippen MR) is 134 cm³/mol. The quantitative estimate of drug-likeness (QED) is 0.301.